The molecule has 0 aromatic heterocycles. The summed E-state index contributed by atoms with van der Waals surface area (Å²) in [4.78, 5) is 23.9. The molecule has 24 heavy (non-hydrogen) atoms. The molecule has 2 atom stereocenters. The van der Waals surface area contributed by atoms with E-state index in [4.69, 9.17) is 10.5 Å². The normalized spacial score (nSPS) is 17.9. The second-order valence-corrected chi connectivity index (χ2v) is 6.08. The molecule has 1 aromatic carbocycles. The lowest BCUT2D eigenvalue weighted by atomic mass is 9.95. The molecule has 1 saturated heterocycles. The van der Waals surface area contributed by atoms with Gasteiger partial charge >= 0.3 is 0 Å². The average Bonchev–Trinajstić information content (AvgIpc) is 2.59. The van der Waals surface area contributed by atoms with Gasteiger partial charge in [0, 0.05) is 19.3 Å². The lowest BCUT2D eigenvalue weighted by Gasteiger charge is -2.25. The predicted octanol–water partition coefficient (Wildman–Crippen LogP) is 0.581. The maximum absolute atomic E-state index is 12.3. The van der Waals surface area contributed by atoms with Crippen molar-refractivity contribution in [2.45, 2.75) is 37.8 Å². The third kappa shape index (κ3) is 5.94. The van der Waals surface area contributed by atoms with Crippen LogP contribution in [0.15, 0.2) is 30.3 Å². The summed E-state index contributed by atoms with van der Waals surface area (Å²) in [6, 6.07) is 9.66. The fourth-order valence-electron chi connectivity index (χ4n) is 2.72. The standard InChI is InChI=1S/C18H25N2O4/c19-17(22)16(18(23)20-14-8-10-24-11-9-14)12-15(21)7-6-13-4-2-1-3-5-13/h1-5,7,14-16,21H,6,8-12H2,(H2,19,22)(H,20,23)/t15-,16+/m0/s1. The van der Waals surface area contributed by atoms with Crippen LogP contribution in [0.5, 0.6) is 0 Å². The van der Waals surface area contributed by atoms with E-state index in [1.165, 1.54) is 0 Å². The number of carbonyl (C=O) groups is 2. The molecule has 1 fully saturated rings. The predicted molar refractivity (Wildman–Crippen MR) is 89.7 cm³/mol. The van der Waals surface area contributed by atoms with Crippen molar-refractivity contribution in [3.63, 3.8) is 0 Å². The molecule has 1 heterocycles. The van der Waals surface area contributed by atoms with Gasteiger partial charge in [-0.05, 0) is 37.7 Å². The van der Waals surface area contributed by atoms with Gasteiger partial charge in [-0.1, -0.05) is 30.3 Å². The number of hydrogen-bond acceptors (Lipinski definition) is 4. The fraction of sp³-hybridized carbons (Fsp3) is 0.500. The van der Waals surface area contributed by atoms with E-state index in [-0.39, 0.29) is 12.5 Å². The van der Waals surface area contributed by atoms with Crippen LogP contribution in [0.3, 0.4) is 0 Å². The third-order valence-electron chi connectivity index (χ3n) is 4.17. The highest BCUT2D eigenvalue weighted by Gasteiger charge is 2.29. The molecule has 1 radical (unpaired) electrons. The molecule has 0 saturated carbocycles. The van der Waals surface area contributed by atoms with Crippen LogP contribution in [0.1, 0.15) is 24.8 Å². The monoisotopic (exact) mass is 333 g/mol. The quantitative estimate of drug-likeness (QED) is 0.606. The molecule has 4 N–H and O–H groups in total. The molecule has 2 amide bonds. The van der Waals surface area contributed by atoms with E-state index < -0.39 is 23.8 Å². The summed E-state index contributed by atoms with van der Waals surface area (Å²) in [5, 5.41) is 13.0. The summed E-state index contributed by atoms with van der Waals surface area (Å²) < 4.78 is 5.24. The number of carbonyl (C=O) groups excluding carboxylic acids is 2. The van der Waals surface area contributed by atoms with Crippen molar-refractivity contribution >= 4 is 11.8 Å². The van der Waals surface area contributed by atoms with Crippen molar-refractivity contribution in [3.05, 3.63) is 42.3 Å². The van der Waals surface area contributed by atoms with Crippen molar-refractivity contribution in [2.75, 3.05) is 13.2 Å². The zero-order valence-corrected chi connectivity index (χ0v) is 13.7. The summed E-state index contributed by atoms with van der Waals surface area (Å²) in [6.07, 6.45) is 2.82. The number of aliphatic hydroxyl groups is 1. The van der Waals surface area contributed by atoms with Crippen LogP contribution >= 0.6 is 0 Å². The first-order chi connectivity index (χ1) is 11.6. The number of ether oxygens (including phenoxy) is 1. The number of aliphatic hydroxyl groups excluding tert-OH is 1. The molecule has 0 unspecified atom stereocenters. The molecule has 1 aliphatic heterocycles. The summed E-state index contributed by atoms with van der Waals surface area (Å²) in [6.45, 7) is 1.19. The van der Waals surface area contributed by atoms with Crippen LogP contribution in [-0.4, -0.2) is 42.3 Å². The van der Waals surface area contributed by atoms with Gasteiger partial charge in [0.1, 0.15) is 5.92 Å². The van der Waals surface area contributed by atoms with Crippen LogP contribution in [0, 0.1) is 12.3 Å². The fourth-order valence-corrected chi connectivity index (χ4v) is 2.72. The highest BCUT2D eigenvalue weighted by Crippen LogP contribution is 2.14. The molecule has 0 aliphatic carbocycles. The summed E-state index contributed by atoms with van der Waals surface area (Å²) in [7, 11) is 0. The lowest BCUT2D eigenvalue weighted by Crippen LogP contribution is -2.46. The van der Waals surface area contributed by atoms with Gasteiger partial charge in [0.15, 0.2) is 0 Å². The number of nitrogens with one attached hydrogen (secondary N) is 1. The Balaban J connectivity index is 1.82. The van der Waals surface area contributed by atoms with E-state index >= 15 is 0 Å². The average molecular weight is 333 g/mol. The second-order valence-electron chi connectivity index (χ2n) is 6.08. The first kappa shape index (κ1) is 18.4. The Bertz CT molecular complexity index is 529. The molecule has 6 nitrogen and oxygen atoms in total. The summed E-state index contributed by atoms with van der Waals surface area (Å²) in [5.41, 5.74) is 6.40. The van der Waals surface area contributed by atoms with Gasteiger partial charge in [-0.2, -0.15) is 0 Å². The van der Waals surface area contributed by atoms with Crippen LogP contribution in [0.4, 0.5) is 0 Å². The number of nitrogens with two attached hydrogens (primary N) is 1. The number of primary amides is 1. The Morgan fingerprint density at radius 2 is 1.96 bits per heavy atom. The van der Waals surface area contributed by atoms with Gasteiger partial charge in [0.05, 0.1) is 6.10 Å². The van der Waals surface area contributed by atoms with E-state index in [1.807, 2.05) is 30.3 Å². The first-order valence-electron chi connectivity index (χ1n) is 8.29. The van der Waals surface area contributed by atoms with Crippen LogP contribution < -0.4 is 11.1 Å². The highest BCUT2D eigenvalue weighted by molar-refractivity contribution is 5.99. The maximum atomic E-state index is 12.3. The van der Waals surface area contributed by atoms with Crippen molar-refractivity contribution in [1.82, 2.24) is 5.32 Å². The van der Waals surface area contributed by atoms with Crippen molar-refractivity contribution in [1.29, 1.82) is 0 Å². The van der Waals surface area contributed by atoms with E-state index in [1.54, 1.807) is 6.42 Å². The topological polar surface area (TPSA) is 102 Å². The minimum atomic E-state index is -1.03. The molecular weight excluding hydrogens is 308 g/mol. The molecule has 0 spiro atoms. The molecular formula is C18H25N2O4. The minimum Gasteiger partial charge on any atom is -0.393 e. The largest absolute Gasteiger partial charge is 0.393 e. The molecule has 1 aromatic rings. The first-order valence-corrected chi connectivity index (χ1v) is 8.29. The van der Waals surface area contributed by atoms with Gasteiger partial charge in [0.25, 0.3) is 0 Å². The van der Waals surface area contributed by atoms with Gasteiger partial charge in [-0.3, -0.25) is 9.59 Å². The summed E-state index contributed by atoms with van der Waals surface area (Å²) >= 11 is 0. The number of benzene rings is 1. The van der Waals surface area contributed by atoms with Gasteiger partial charge in [-0.25, -0.2) is 0 Å². The molecule has 0 bridgehead atoms. The molecule has 1 aliphatic rings. The van der Waals surface area contributed by atoms with E-state index in [0.717, 1.165) is 18.4 Å². The third-order valence-corrected chi connectivity index (χ3v) is 4.17. The number of amides is 2. The van der Waals surface area contributed by atoms with Crippen LogP contribution in [0.25, 0.3) is 0 Å². The van der Waals surface area contributed by atoms with E-state index in [9.17, 15) is 14.7 Å². The van der Waals surface area contributed by atoms with Crippen LogP contribution in [-0.2, 0) is 20.7 Å². The Labute approximate surface area is 142 Å². The molecule has 6 heteroatoms. The molecule has 2 rings (SSSR count). The number of rotatable bonds is 8. The number of hydrogen-bond donors (Lipinski definition) is 3. The zero-order chi connectivity index (χ0) is 17.4. The maximum Gasteiger partial charge on any atom is 0.232 e. The zero-order valence-electron chi connectivity index (χ0n) is 13.7. The molecule has 131 valence electrons. The Morgan fingerprint density at radius 1 is 1.29 bits per heavy atom. The Morgan fingerprint density at radius 3 is 2.58 bits per heavy atom. The summed E-state index contributed by atoms with van der Waals surface area (Å²) in [5.74, 6) is -2.16. The minimum absolute atomic E-state index is 0.00135. The smallest absolute Gasteiger partial charge is 0.232 e. The second kappa shape index (κ2) is 9.39. The highest BCUT2D eigenvalue weighted by atomic mass is 16.5. The van der Waals surface area contributed by atoms with Crippen LogP contribution in [0.2, 0.25) is 0 Å². The Hall–Kier alpha value is -1.92. The van der Waals surface area contributed by atoms with Gasteiger partial charge < -0.3 is 20.9 Å². The van der Waals surface area contributed by atoms with Gasteiger partial charge in [0.2, 0.25) is 11.8 Å². The van der Waals surface area contributed by atoms with E-state index in [2.05, 4.69) is 5.32 Å². The van der Waals surface area contributed by atoms with Crippen molar-refractivity contribution in [3.8, 4) is 0 Å². The van der Waals surface area contributed by atoms with Crippen molar-refractivity contribution in [2.24, 2.45) is 11.7 Å². The Kier molecular flexibility index (Phi) is 7.21. The SMILES string of the molecule is NC(=O)[C@@H](C[C@@H](O)[CH]Cc1ccccc1)C(=O)NC1CCOCC1. The lowest BCUT2D eigenvalue weighted by molar-refractivity contribution is -0.135. The van der Waals surface area contributed by atoms with Gasteiger partial charge in [-0.15, -0.1) is 0 Å². The van der Waals surface area contributed by atoms with Crippen molar-refractivity contribution < 1.29 is 19.4 Å². The van der Waals surface area contributed by atoms with E-state index in [0.29, 0.717) is 19.6 Å².